The molecule has 0 N–H and O–H groups in total. The number of hydrogen-bond donors (Lipinski definition) is 0. The van der Waals surface area contributed by atoms with Crippen LogP contribution < -0.4 is 0 Å². The summed E-state index contributed by atoms with van der Waals surface area (Å²) in [4.78, 5) is 27.3. The van der Waals surface area contributed by atoms with E-state index in [2.05, 4.69) is 22.3 Å². The maximum absolute atomic E-state index is 13.9. The van der Waals surface area contributed by atoms with Crippen LogP contribution in [0.2, 0.25) is 0 Å². The number of carbonyl (C=O) groups excluding carboxylic acids is 2. The fraction of sp³-hybridized carbons (Fsp3) is 0.0811. The molecule has 204 valence electrons. The Labute approximate surface area is 245 Å². The molecule has 0 saturated heterocycles. The number of benzene rings is 5. The molecular weight excluding hydrogens is 518 g/mol. The van der Waals surface area contributed by atoms with Gasteiger partial charge in [-0.2, -0.15) is 0 Å². The number of ketones is 2. The summed E-state index contributed by atoms with van der Waals surface area (Å²) in [7, 11) is 0. The monoisotopic (exact) mass is 547 g/mol. The van der Waals surface area contributed by atoms with Gasteiger partial charge in [-0.1, -0.05) is 140 Å². The Morgan fingerprint density at radius 2 is 1.07 bits per heavy atom. The summed E-state index contributed by atoms with van der Waals surface area (Å²) >= 11 is 0. The van der Waals surface area contributed by atoms with Crippen LogP contribution in [0.25, 0.3) is 0 Å². The molecule has 5 aromatic carbocycles. The number of hydrogen-bond acceptors (Lipinski definition) is 4. The van der Waals surface area contributed by atoms with E-state index in [-0.39, 0.29) is 18.0 Å². The van der Waals surface area contributed by atoms with Crippen molar-refractivity contribution in [3.8, 4) is 0 Å². The Kier molecular flexibility index (Phi) is 7.64. The van der Waals surface area contributed by atoms with Crippen LogP contribution >= 0.6 is 0 Å². The molecule has 0 bridgehead atoms. The summed E-state index contributed by atoms with van der Waals surface area (Å²) in [5.41, 5.74) is 4.55. The van der Waals surface area contributed by atoms with Crippen LogP contribution in [0, 0.1) is 0 Å². The van der Waals surface area contributed by atoms with Crippen LogP contribution in [0.3, 0.4) is 0 Å². The predicted octanol–water partition coefficient (Wildman–Crippen LogP) is 7.16. The SMILES string of the molecule is O=C(CC(=O)c1nncn1C(c1ccccc1)(c1ccccc1)c1ccccc1)c1cccc(Cc2ccccc2)c1. The van der Waals surface area contributed by atoms with Crippen molar-refractivity contribution in [3.05, 3.63) is 191 Å². The summed E-state index contributed by atoms with van der Waals surface area (Å²) in [6.45, 7) is 0. The Morgan fingerprint density at radius 3 is 1.62 bits per heavy atom. The molecule has 1 aromatic heterocycles. The zero-order chi connectivity index (χ0) is 28.8. The zero-order valence-corrected chi connectivity index (χ0v) is 23.0. The van der Waals surface area contributed by atoms with E-state index in [4.69, 9.17) is 0 Å². The van der Waals surface area contributed by atoms with E-state index < -0.39 is 11.3 Å². The molecular formula is C37H29N3O2. The van der Waals surface area contributed by atoms with Gasteiger partial charge in [-0.05, 0) is 40.3 Å². The standard InChI is InChI=1S/C37H29N3O2/c41-34(30-17-13-16-29(25-30)24-28-14-5-1-6-15-28)26-35(42)36-39-38-27-40(36)37(31-18-7-2-8-19-31,32-20-9-3-10-21-32)33-22-11-4-12-23-33/h1-23,25,27H,24,26H2. The van der Waals surface area contributed by atoms with Gasteiger partial charge < -0.3 is 0 Å². The van der Waals surface area contributed by atoms with Crippen molar-refractivity contribution in [2.45, 2.75) is 18.4 Å². The highest BCUT2D eigenvalue weighted by atomic mass is 16.1. The third-order valence-corrected chi connectivity index (χ3v) is 7.55. The lowest BCUT2D eigenvalue weighted by Crippen LogP contribution is -2.39. The largest absolute Gasteiger partial charge is 0.294 e. The molecule has 0 aliphatic heterocycles. The van der Waals surface area contributed by atoms with Gasteiger partial charge in [-0.15, -0.1) is 10.2 Å². The van der Waals surface area contributed by atoms with E-state index in [0.29, 0.717) is 12.0 Å². The van der Waals surface area contributed by atoms with Crippen molar-refractivity contribution in [3.63, 3.8) is 0 Å². The summed E-state index contributed by atoms with van der Waals surface area (Å²) in [5, 5.41) is 8.50. The Bertz CT molecular complexity index is 1700. The molecule has 42 heavy (non-hydrogen) atoms. The molecule has 0 spiro atoms. The normalized spacial score (nSPS) is 11.2. The third kappa shape index (κ3) is 5.20. The molecule has 6 rings (SSSR count). The number of rotatable bonds is 10. The highest BCUT2D eigenvalue weighted by Gasteiger charge is 2.41. The molecule has 0 unspecified atom stereocenters. The number of aromatic nitrogens is 3. The second-order valence-electron chi connectivity index (χ2n) is 10.2. The first-order valence-electron chi connectivity index (χ1n) is 13.9. The van der Waals surface area contributed by atoms with Gasteiger partial charge in [0.25, 0.3) is 0 Å². The van der Waals surface area contributed by atoms with Crippen LogP contribution in [0.4, 0.5) is 0 Å². The summed E-state index contributed by atoms with van der Waals surface area (Å²) in [6.07, 6.45) is 1.98. The fourth-order valence-corrected chi connectivity index (χ4v) is 5.64. The second kappa shape index (κ2) is 12.0. The first kappa shape index (κ1) is 26.8. The lowest BCUT2D eigenvalue weighted by molar-refractivity contribution is 0.0884. The number of Topliss-reactive ketones (excluding diaryl/α,β-unsaturated/α-hetero) is 2. The number of nitrogens with zero attached hydrogens (tertiary/aromatic N) is 3. The predicted molar refractivity (Wildman–Crippen MR) is 164 cm³/mol. The fourth-order valence-electron chi connectivity index (χ4n) is 5.64. The molecule has 0 radical (unpaired) electrons. The van der Waals surface area contributed by atoms with Crippen LogP contribution in [0.15, 0.2) is 152 Å². The van der Waals surface area contributed by atoms with Gasteiger partial charge >= 0.3 is 0 Å². The molecule has 0 aliphatic rings. The van der Waals surface area contributed by atoms with Gasteiger partial charge in [0.2, 0.25) is 11.6 Å². The Balaban J connectivity index is 1.39. The van der Waals surface area contributed by atoms with E-state index in [1.54, 1.807) is 12.4 Å². The van der Waals surface area contributed by atoms with Crippen LogP contribution in [-0.2, 0) is 12.0 Å². The minimum absolute atomic E-state index is 0.125. The van der Waals surface area contributed by atoms with Crippen molar-refractivity contribution < 1.29 is 9.59 Å². The summed E-state index contributed by atoms with van der Waals surface area (Å²) in [5.74, 6) is -0.521. The molecule has 0 fully saturated rings. The average molecular weight is 548 g/mol. The minimum Gasteiger partial charge on any atom is -0.294 e. The summed E-state index contributed by atoms with van der Waals surface area (Å²) in [6, 6.07) is 47.6. The van der Waals surface area contributed by atoms with Crippen LogP contribution in [-0.4, -0.2) is 26.3 Å². The lowest BCUT2D eigenvalue weighted by atomic mass is 9.76. The quantitative estimate of drug-likeness (QED) is 0.104. The first-order valence-corrected chi connectivity index (χ1v) is 13.9. The highest BCUT2D eigenvalue weighted by molar-refractivity contribution is 6.12. The van der Waals surface area contributed by atoms with Gasteiger partial charge in [-0.3, -0.25) is 14.2 Å². The molecule has 5 nitrogen and oxygen atoms in total. The third-order valence-electron chi connectivity index (χ3n) is 7.55. The molecule has 0 saturated carbocycles. The summed E-state index contributed by atoms with van der Waals surface area (Å²) < 4.78 is 1.81. The van der Waals surface area contributed by atoms with Crippen LogP contribution in [0.1, 0.15) is 55.2 Å². The van der Waals surface area contributed by atoms with Gasteiger partial charge in [-0.25, -0.2) is 0 Å². The molecule has 5 heteroatoms. The Morgan fingerprint density at radius 1 is 0.571 bits per heavy atom. The average Bonchev–Trinajstić information content (AvgIpc) is 3.54. The van der Waals surface area contributed by atoms with Gasteiger partial charge in [0, 0.05) is 5.56 Å². The maximum atomic E-state index is 13.9. The molecule has 1 heterocycles. The Hall–Kier alpha value is -5.42. The maximum Gasteiger partial charge on any atom is 0.207 e. The van der Waals surface area contributed by atoms with Gasteiger partial charge in [0.1, 0.15) is 11.9 Å². The highest BCUT2D eigenvalue weighted by Crippen LogP contribution is 2.41. The van der Waals surface area contributed by atoms with Crippen LogP contribution in [0.5, 0.6) is 0 Å². The molecule has 0 atom stereocenters. The van der Waals surface area contributed by atoms with Gasteiger partial charge in [0.15, 0.2) is 5.78 Å². The minimum atomic E-state index is -0.947. The van der Waals surface area contributed by atoms with Crippen molar-refractivity contribution in [2.24, 2.45) is 0 Å². The second-order valence-corrected chi connectivity index (χ2v) is 10.2. The van der Waals surface area contributed by atoms with E-state index >= 15 is 0 Å². The van der Waals surface area contributed by atoms with E-state index in [1.807, 2.05) is 132 Å². The molecule has 0 amide bonds. The zero-order valence-electron chi connectivity index (χ0n) is 23.0. The van der Waals surface area contributed by atoms with Crippen molar-refractivity contribution in [2.75, 3.05) is 0 Å². The lowest BCUT2D eigenvalue weighted by Gasteiger charge is -2.37. The van der Waals surface area contributed by atoms with Crippen molar-refractivity contribution >= 4 is 11.6 Å². The van der Waals surface area contributed by atoms with Crippen molar-refractivity contribution in [1.29, 1.82) is 0 Å². The molecule has 0 aliphatic carbocycles. The first-order chi connectivity index (χ1) is 20.7. The van der Waals surface area contributed by atoms with Crippen molar-refractivity contribution in [1.82, 2.24) is 14.8 Å². The van der Waals surface area contributed by atoms with E-state index in [1.165, 1.54) is 0 Å². The topological polar surface area (TPSA) is 64.8 Å². The van der Waals surface area contributed by atoms with E-state index in [0.717, 1.165) is 27.8 Å². The molecule has 6 aromatic rings. The smallest absolute Gasteiger partial charge is 0.207 e. The van der Waals surface area contributed by atoms with Gasteiger partial charge in [0.05, 0.1) is 6.42 Å². The van der Waals surface area contributed by atoms with E-state index in [9.17, 15) is 9.59 Å². The number of carbonyl (C=O) groups is 2.